The molecule has 0 spiro atoms. The molecule has 0 saturated heterocycles. The lowest BCUT2D eigenvalue weighted by Crippen LogP contribution is -2.15. The van der Waals surface area contributed by atoms with Gasteiger partial charge in [0.15, 0.2) is 0 Å². The van der Waals surface area contributed by atoms with Gasteiger partial charge in [-0.25, -0.2) is 4.68 Å². The summed E-state index contributed by atoms with van der Waals surface area (Å²) >= 11 is 1.58. The third-order valence-electron chi connectivity index (χ3n) is 4.06. The normalized spacial score (nSPS) is 16.9. The Morgan fingerprint density at radius 3 is 2.72 bits per heavy atom. The summed E-state index contributed by atoms with van der Waals surface area (Å²) in [4.78, 5) is 12.2. The second-order valence-corrected chi connectivity index (χ2v) is 6.84. The molecule has 1 atom stereocenters. The molecule has 3 aromatic rings. The van der Waals surface area contributed by atoms with Gasteiger partial charge in [0.2, 0.25) is 5.91 Å². The van der Waals surface area contributed by atoms with Crippen LogP contribution in [0.3, 0.4) is 0 Å². The van der Waals surface area contributed by atoms with E-state index in [2.05, 4.69) is 15.5 Å². The van der Waals surface area contributed by atoms with Crippen LogP contribution in [0.2, 0.25) is 0 Å². The van der Waals surface area contributed by atoms with Crippen LogP contribution >= 0.6 is 11.8 Å². The number of amides is 1. The standard InChI is InChI=1S/C17H17N5O2S/c1-21-9-11(7-18-21)16-14-8-19-22(17(14)20-15(23)10-25-16)12-3-5-13(24-2)6-4-12/h3-9,16H,10H2,1-2H3,(H,20,23). The predicted molar refractivity (Wildman–Crippen MR) is 96.3 cm³/mol. The molecule has 2 aromatic heterocycles. The highest BCUT2D eigenvalue weighted by Crippen LogP contribution is 2.41. The van der Waals surface area contributed by atoms with Crippen molar-refractivity contribution in [3.8, 4) is 11.4 Å². The average Bonchev–Trinajstić information content (AvgIpc) is 3.19. The maximum absolute atomic E-state index is 12.2. The number of aryl methyl sites for hydroxylation is 1. The number of methoxy groups -OCH3 is 1. The van der Waals surface area contributed by atoms with Crippen LogP contribution in [0.25, 0.3) is 5.69 Å². The highest BCUT2D eigenvalue weighted by Gasteiger charge is 2.28. The van der Waals surface area contributed by atoms with Crippen molar-refractivity contribution < 1.29 is 9.53 Å². The van der Waals surface area contributed by atoms with Gasteiger partial charge in [0.05, 0.1) is 36.2 Å². The summed E-state index contributed by atoms with van der Waals surface area (Å²) in [6.07, 6.45) is 5.62. The summed E-state index contributed by atoms with van der Waals surface area (Å²) in [6.45, 7) is 0. The van der Waals surface area contributed by atoms with Crippen molar-refractivity contribution in [1.29, 1.82) is 0 Å². The molecular formula is C17H17N5O2S. The number of benzene rings is 1. The SMILES string of the molecule is COc1ccc(-n2ncc3c2NC(=O)CSC3c2cnn(C)c2)cc1. The van der Waals surface area contributed by atoms with E-state index in [1.54, 1.807) is 28.2 Å². The molecule has 8 heteroatoms. The average molecular weight is 355 g/mol. The number of aromatic nitrogens is 4. The van der Waals surface area contributed by atoms with Crippen LogP contribution in [-0.2, 0) is 11.8 Å². The van der Waals surface area contributed by atoms with Crippen LogP contribution in [0.5, 0.6) is 5.75 Å². The minimum absolute atomic E-state index is 0.00893. The van der Waals surface area contributed by atoms with Crippen LogP contribution in [0, 0.1) is 0 Å². The van der Waals surface area contributed by atoms with Gasteiger partial charge in [0, 0.05) is 24.4 Å². The van der Waals surface area contributed by atoms with Crippen molar-refractivity contribution in [2.24, 2.45) is 7.05 Å². The Kier molecular flexibility index (Phi) is 3.96. The zero-order chi connectivity index (χ0) is 17.4. The first-order valence-corrected chi connectivity index (χ1v) is 8.83. The number of carbonyl (C=O) groups excluding carboxylic acids is 1. The van der Waals surface area contributed by atoms with Gasteiger partial charge in [-0.05, 0) is 24.3 Å². The van der Waals surface area contributed by atoms with Crippen molar-refractivity contribution in [3.05, 3.63) is 54.0 Å². The van der Waals surface area contributed by atoms with Gasteiger partial charge < -0.3 is 10.1 Å². The molecular weight excluding hydrogens is 338 g/mol. The molecule has 0 fully saturated rings. The van der Waals surface area contributed by atoms with Crippen molar-refractivity contribution in [2.75, 3.05) is 18.2 Å². The Balaban J connectivity index is 1.79. The van der Waals surface area contributed by atoms with E-state index in [1.165, 1.54) is 0 Å². The Bertz CT molecular complexity index is 916. The summed E-state index contributed by atoms with van der Waals surface area (Å²) in [5, 5.41) is 11.8. The monoisotopic (exact) mass is 355 g/mol. The second-order valence-electron chi connectivity index (χ2n) is 5.74. The number of carbonyl (C=O) groups is 1. The molecule has 4 rings (SSSR count). The topological polar surface area (TPSA) is 74.0 Å². The largest absolute Gasteiger partial charge is 0.497 e. The molecule has 0 bridgehead atoms. The van der Waals surface area contributed by atoms with E-state index in [0.29, 0.717) is 11.6 Å². The lowest BCUT2D eigenvalue weighted by molar-refractivity contribution is -0.113. The van der Waals surface area contributed by atoms with E-state index in [9.17, 15) is 4.79 Å². The molecule has 1 N–H and O–H groups in total. The van der Waals surface area contributed by atoms with Gasteiger partial charge in [0.1, 0.15) is 11.6 Å². The van der Waals surface area contributed by atoms with Crippen LogP contribution in [-0.4, -0.2) is 38.3 Å². The van der Waals surface area contributed by atoms with E-state index in [4.69, 9.17) is 4.74 Å². The quantitative estimate of drug-likeness (QED) is 0.781. The summed E-state index contributed by atoms with van der Waals surface area (Å²) in [7, 11) is 3.51. The van der Waals surface area contributed by atoms with E-state index >= 15 is 0 Å². The van der Waals surface area contributed by atoms with Crippen molar-refractivity contribution >= 4 is 23.5 Å². The number of rotatable bonds is 3. The number of nitrogens with one attached hydrogen (secondary N) is 1. The third kappa shape index (κ3) is 2.89. The third-order valence-corrected chi connectivity index (χ3v) is 5.35. The minimum atomic E-state index is -0.0344. The van der Waals surface area contributed by atoms with Gasteiger partial charge in [0.25, 0.3) is 0 Å². The van der Waals surface area contributed by atoms with Crippen LogP contribution in [0.4, 0.5) is 5.82 Å². The molecule has 0 radical (unpaired) electrons. The summed E-state index contributed by atoms with van der Waals surface area (Å²) < 4.78 is 8.72. The molecule has 0 saturated carbocycles. The van der Waals surface area contributed by atoms with E-state index in [0.717, 1.165) is 22.6 Å². The lowest BCUT2D eigenvalue weighted by Gasteiger charge is -2.12. The van der Waals surface area contributed by atoms with Gasteiger partial charge >= 0.3 is 0 Å². The van der Waals surface area contributed by atoms with Gasteiger partial charge in [-0.1, -0.05) is 0 Å². The van der Waals surface area contributed by atoms with Crippen LogP contribution < -0.4 is 10.1 Å². The number of anilines is 1. The first-order chi connectivity index (χ1) is 12.2. The number of fused-ring (bicyclic) bond motifs is 1. The number of thioether (sulfide) groups is 1. The van der Waals surface area contributed by atoms with Crippen LogP contribution in [0.1, 0.15) is 16.4 Å². The molecule has 0 aliphatic carbocycles. The second kappa shape index (κ2) is 6.29. The van der Waals surface area contributed by atoms with E-state index < -0.39 is 0 Å². The first-order valence-electron chi connectivity index (χ1n) is 7.78. The number of hydrogen-bond acceptors (Lipinski definition) is 5. The minimum Gasteiger partial charge on any atom is -0.497 e. The van der Waals surface area contributed by atoms with Gasteiger partial charge in [-0.3, -0.25) is 9.48 Å². The number of hydrogen-bond donors (Lipinski definition) is 1. The molecule has 1 aliphatic heterocycles. The fraction of sp³-hybridized carbons (Fsp3) is 0.235. The zero-order valence-corrected chi connectivity index (χ0v) is 14.7. The molecule has 1 aromatic carbocycles. The summed E-state index contributed by atoms with van der Waals surface area (Å²) in [5.74, 6) is 1.83. The number of ether oxygens (including phenoxy) is 1. The molecule has 128 valence electrons. The fourth-order valence-corrected chi connectivity index (χ4v) is 3.92. The van der Waals surface area contributed by atoms with Gasteiger partial charge in [-0.15, -0.1) is 11.8 Å². The van der Waals surface area contributed by atoms with Crippen molar-refractivity contribution in [2.45, 2.75) is 5.25 Å². The Morgan fingerprint density at radius 1 is 1.24 bits per heavy atom. The lowest BCUT2D eigenvalue weighted by atomic mass is 10.1. The fourth-order valence-electron chi connectivity index (χ4n) is 2.87. The summed E-state index contributed by atoms with van der Waals surface area (Å²) in [6, 6.07) is 7.56. The zero-order valence-electron chi connectivity index (χ0n) is 13.8. The maximum atomic E-state index is 12.2. The Hall–Kier alpha value is -2.74. The smallest absolute Gasteiger partial charge is 0.235 e. The molecule has 1 amide bonds. The molecule has 25 heavy (non-hydrogen) atoms. The van der Waals surface area contributed by atoms with E-state index in [-0.39, 0.29) is 11.2 Å². The molecule has 1 aliphatic rings. The van der Waals surface area contributed by atoms with Gasteiger partial charge in [-0.2, -0.15) is 10.2 Å². The predicted octanol–water partition coefficient (Wildman–Crippen LogP) is 2.39. The number of nitrogens with zero attached hydrogens (tertiary/aromatic N) is 4. The highest BCUT2D eigenvalue weighted by atomic mass is 32.2. The van der Waals surface area contributed by atoms with Crippen molar-refractivity contribution in [3.63, 3.8) is 0 Å². The van der Waals surface area contributed by atoms with Crippen LogP contribution in [0.15, 0.2) is 42.9 Å². The summed E-state index contributed by atoms with van der Waals surface area (Å²) in [5.41, 5.74) is 2.89. The molecule has 3 heterocycles. The molecule has 1 unspecified atom stereocenters. The van der Waals surface area contributed by atoms with E-state index in [1.807, 2.05) is 49.9 Å². The first kappa shape index (κ1) is 15.8. The Labute approximate surface area is 149 Å². The highest BCUT2D eigenvalue weighted by molar-refractivity contribution is 8.00. The Morgan fingerprint density at radius 2 is 2.04 bits per heavy atom. The molecule has 7 nitrogen and oxygen atoms in total. The maximum Gasteiger partial charge on any atom is 0.235 e. The van der Waals surface area contributed by atoms with Crippen molar-refractivity contribution in [1.82, 2.24) is 19.6 Å².